The zero-order valence-electron chi connectivity index (χ0n) is 8.32. The molecule has 1 N–H and O–H groups in total. The van der Waals surface area contributed by atoms with Gasteiger partial charge in [-0.3, -0.25) is 0 Å². The molecule has 0 saturated heterocycles. The molecular weight excluding hydrogens is 164 g/mol. The Hall–Kier alpha value is -1.02. The summed E-state index contributed by atoms with van der Waals surface area (Å²) in [6.45, 7) is 3.81. The number of hydrogen-bond donors (Lipinski definition) is 1. The van der Waals surface area contributed by atoms with E-state index in [2.05, 4.69) is 0 Å². The lowest BCUT2D eigenvalue weighted by Crippen LogP contribution is -2.10. The van der Waals surface area contributed by atoms with E-state index >= 15 is 0 Å². The van der Waals surface area contributed by atoms with Crippen LogP contribution >= 0.6 is 0 Å². The van der Waals surface area contributed by atoms with Gasteiger partial charge in [0.25, 0.3) is 0 Å². The third kappa shape index (κ3) is 2.46. The Morgan fingerprint density at radius 3 is 2.08 bits per heavy atom. The first-order valence-electron chi connectivity index (χ1n) is 4.47. The molecule has 72 valence electrons. The molecule has 1 aromatic rings. The molecule has 0 radical (unpaired) electrons. The van der Waals surface area contributed by atoms with Crippen molar-refractivity contribution in [2.24, 2.45) is 0 Å². The van der Waals surface area contributed by atoms with E-state index in [1.165, 1.54) is 0 Å². The summed E-state index contributed by atoms with van der Waals surface area (Å²) in [5, 5.41) is 9.37. The predicted molar refractivity (Wildman–Crippen MR) is 53.1 cm³/mol. The molecule has 2 heteroatoms. The van der Waals surface area contributed by atoms with Gasteiger partial charge in [-0.15, -0.1) is 0 Å². The summed E-state index contributed by atoms with van der Waals surface area (Å²) in [5.41, 5.74) is 1.14. The van der Waals surface area contributed by atoms with E-state index in [1.807, 2.05) is 31.2 Å². The molecule has 1 rings (SSSR count). The van der Waals surface area contributed by atoms with Crippen molar-refractivity contribution in [3.63, 3.8) is 0 Å². The molecule has 0 fully saturated rings. The number of ether oxygens (including phenoxy) is 1. The van der Waals surface area contributed by atoms with Gasteiger partial charge in [0.15, 0.2) is 0 Å². The van der Waals surface area contributed by atoms with Crippen molar-refractivity contribution in [2.45, 2.75) is 25.9 Å². The maximum atomic E-state index is 9.37. The zero-order valence-corrected chi connectivity index (χ0v) is 8.32. The van der Waals surface area contributed by atoms with Crippen molar-refractivity contribution >= 4 is 0 Å². The van der Waals surface area contributed by atoms with Crippen molar-refractivity contribution in [3.8, 4) is 5.75 Å². The van der Waals surface area contributed by atoms with Crippen LogP contribution in [0.1, 0.15) is 25.3 Å². The van der Waals surface area contributed by atoms with Gasteiger partial charge in [0.05, 0.1) is 13.2 Å². The number of hydrogen-bond acceptors (Lipinski definition) is 2. The fourth-order valence-electron chi connectivity index (χ4n) is 1.19. The number of benzene rings is 1. The van der Waals surface area contributed by atoms with Gasteiger partial charge in [0, 0.05) is 5.92 Å². The largest absolute Gasteiger partial charge is 0.497 e. The van der Waals surface area contributed by atoms with Gasteiger partial charge in [-0.1, -0.05) is 19.1 Å². The van der Waals surface area contributed by atoms with Gasteiger partial charge < -0.3 is 9.84 Å². The standard InChI is InChI=1S/C11H16O2/c1-8(9(2)12)10-4-6-11(13-3)7-5-10/h4-9,12H,1-3H3/t8-,9-/m1/s1. The van der Waals surface area contributed by atoms with E-state index in [9.17, 15) is 5.11 Å². The number of methoxy groups -OCH3 is 1. The lowest BCUT2D eigenvalue weighted by atomic mass is 9.96. The van der Waals surface area contributed by atoms with Crippen molar-refractivity contribution in [3.05, 3.63) is 29.8 Å². The van der Waals surface area contributed by atoms with E-state index in [0.29, 0.717) is 0 Å². The number of rotatable bonds is 3. The van der Waals surface area contributed by atoms with E-state index in [1.54, 1.807) is 14.0 Å². The van der Waals surface area contributed by atoms with Gasteiger partial charge in [-0.2, -0.15) is 0 Å². The SMILES string of the molecule is COc1ccc([C@H](C)[C@@H](C)O)cc1. The fourth-order valence-corrected chi connectivity index (χ4v) is 1.19. The van der Waals surface area contributed by atoms with E-state index < -0.39 is 0 Å². The minimum absolute atomic E-state index is 0.172. The second-order valence-corrected chi connectivity index (χ2v) is 3.30. The minimum atomic E-state index is -0.312. The maximum Gasteiger partial charge on any atom is 0.118 e. The molecule has 0 saturated carbocycles. The normalized spacial score (nSPS) is 15.1. The van der Waals surface area contributed by atoms with Crippen LogP contribution in [0.4, 0.5) is 0 Å². The summed E-state index contributed by atoms with van der Waals surface area (Å²) < 4.78 is 5.05. The van der Waals surface area contributed by atoms with Crippen LogP contribution in [0.2, 0.25) is 0 Å². The summed E-state index contributed by atoms with van der Waals surface area (Å²) in [6.07, 6.45) is -0.312. The molecule has 13 heavy (non-hydrogen) atoms. The Kier molecular flexibility index (Phi) is 3.32. The molecule has 0 aliphatic rings. The Balaban J connectivity index is 2.79. The van der Waals surface area contributed by atoms with Crippen molar-refractivity contribution < 1.29 is 9.84 Å². The first kappa shape index (κ1) is 10.1. The molecule has 0 aliphatic heterocycles. The van der Waals surface area contributed by atoms with Gasteiger partial charge in [-0.25, -0.2) is 0 Å². The quantitative estimate of drug-likeness (QED) is 0.772. The predicted octanol–water partition coefficient (Wildman–Crippen LogP) is 2.18. The molecule has 2 nitrogen and oxygen atoms in total. The summed E-state index contributed by atoms with van der Waals surface area (Å²) in [7, 11) is 1.65. The zero-order chi connectivity index (χ0) is 9.84. The van der Waals surface area contributed by atoms with Crippen LogP contribution in [0.5, 0.6) is 5.75 Å². The first-order valence-corrected chi connectivity index (χ1v) is 4.47. The Morgan fingerprint density at radius 1 is 1.15 bits per heavy atom. The smallest absolute Gasteiger partial charge is 0.118 e. The first-order chi connectivity index (χ1) is 6.15. The molecule has 0 aromatic heterocycles. The van der Waals surface area contributed by atoms with Gasteiger partial charge in [0.2, 0.25) is 0 Å². The molecular formula is C11H16O2. The van der Waals surface area contributed by atoms with E-state index in [-0.39, 0.29) is 12.0 Å². The average molecular weight is 180 g/mol. The molecule has 1 aromatic carbocycles. The molecule has 0 amide bonds. The van der Waals surface area contributed by atoms with Crippen LogP contribution in [0, 0.1) is 0 Å². The number of aliphatic hydroxyl groups is 1. The fraction of sp³-hybridized carbons (Fsp3) is 0.455. The van der Waals surface area contributed by atoms with Crippen LogP contribution < -0.4 is 4.74 Å². The van der Waals surface area contributed by atoms with Crippen LogP contribution in [0.15, 0.2) is 24.3 Å². The van der Waals surface area contributed by atoms with Crippen LogP contribution in [0.3, 0.4) is 0 Å². The highest BCUT2D eigenvalue weighted by molar-refractivity contribution is 5.29. The molecule has 0 bridgehead atoms. The summed E-state index contributed by atoms with van der Waals surface area (Å²) in [5.74, 6) is 1.02. The summed E-state index contributed by atoms with van der Waals surface area (Å²) >= 11 is 0. The second kappa shape index (κ2) is 4.28. The molecule has 0 spiro atoms. The van der Waals surface area contributed by atoms with Gasteiger partial charge >= 0.3 is 0 Å². The van der Waals surface area contributed by atoms with Gasteiger partial charge in [-0.05, 0) is 24.6 Å². The molecule has 0 heterocycles. The van der Waals surface area contributed by atoms with E-state index in [4.69, 9.17) is 4.74 Å². The van der Waals surface area contributed by atoms with Crippen LogP contribution in [-0.2, 0) is 0 Å². The maximum absolute atomic E-state index is 9.37. The van der Waals surface area contributed by atoms with Crippen LogP contribution in [-0.4, -0.2) is 18.3 Å². The topological polar surface area (TPSA) is 29.5 Å². The lowest BCUT2D eigenvalue weighted by molar-refractivity contribution is 0.169. The highest BCUT2D eigenvalue weighted by Gasteiger charge is 2.10. The van der Waals surface area contributed by atoms with Crippen LogP contribution in [0.25, 0.3) is 0 Å². The third-order valence-corrected chi connectivity index (χ3v) is 2.37. The molecule has 0 aliphatic carbocycles. The highest BCUT2D eigenvalue weighted by atomic mass is 16.5. The summed E-state index contributed by atoms with van der Waals surface area (Å²) in [6, 6.07) is 7.79. The molecule has 0 unspecified atom stereocenters. The Morgan fingerprint density at radius 2 is 1.69 bits per heavy atom. The van der Waals surface area contributed by atoms with Crippen molar-refractivity contribution in [2.75, 3.05) is 7.11 Å². The molecule has 2 atom stereocenters. The highest BCUT2D eigenvalue weighted by Crippen LogP contribution is 2.21. The third-order valence-electron chi connectivity index (χ3n) is 2.37. The minimum Gasteiger partial charge on any atom is -0.497 e. The van der Waals surface area contributed by atoms with E-state index in [0.717, 1.165) is 11.3 Å². The van der Waals surface area contributed by atoms with Crippen molar-refractivity contribution in [1.82, 2.24) is 0 Å². The second-order valence-electron chi connectivity index (χ2n) is 3.30. The Bertz CT molecular complexity index is 251. The lowest BCUT2D eigenvalue weighted by Gasteiger charge is -2.14. The van der Waals surface area contributed by atoms with Gasteiger partial charge in [0.1, 0.15) is 5.75 Å². The monoisotopic (exact) mass is 180 g/mol. The Labute approximate surface area is 79.2 Å². The summed E-state index contributed by atoms with van der Waals surface area (Å²) in [4.78, 5) is 0. The number of aliphatic hydroxyl groups excluding tert-OH is 1. The van der Waals surface area contributed by atoms with Crippen molar-refractivity contribution in [1.29, 1.82) is 0 Å². The average Bonchev–Trinajstić information content (AvgIpc) is 2.17.